The highest BCUT2D eigenvalue weighted by molar-refractivity contribution is 9.10. The van der Waals surface area contributed by atoms with Crippen molar-refractivity contribution in [1.29, 1.82) is 0 Å². The number of hydrogen-bond acceptors (Lipinski definition) is 3. The van der Waals surface area contributed by atoms with E-state index in [1.165, 1.54) is 0 Å². The average Bonchev–Trinajstić information content (AvgIpc) is 2.45. The van der Waals surface area contributed by atoms with Gasteiger partial charge in [0.2, 0.25) is 0 Å². The van der Waals surface area contributed by atoms with Gasteiger partial charge in [-0.3, -0.25) is 4.98 Å². The van der Waals surface area contributed by atoms with E-state index in [0.717, 1.165) is 20.9 Å². The minimum absolute atomic E-state index is 0.270. The number of aromatic nitrogens is 1. The number of alkyl halides is 2. The number of nitrogens with one attached hydrogen (secondary N) is 1. The summed E-state index contributed by atoms with van der Waals surface area (Å²) < 4.78 is 29.5. The molecule has 1 aromatic heterocycles. The molecule has 6 heteroatoms. The van der Waals surface area contributed by atoms with Crippen LogP contribution in [0.25, 0.3) is 10.9 Å². The molecule has 1 N–H and O–H groups in total. The van der Waals surface area contributed by atoms with Gasteiger partial charge in [0.1, 0.15) is 6.61 Å². The van der Waals surface area contributed by atoms with E-state index in [2.05, 4.69) is 26.2 Å². The van der Waals surface area contributed by atoms with Gasteiger partial charge >= 0.3 is 0 Å². The molecule has 0 atom stereocenters. The van der Waals surface area contributed by atoms with Crippen molar-refractivity contribution in [3.63, 3.8) is 0 Å². The number of fused-ring (bicyclic) bond motifs is 1. The number of hydrogen-bond donors (Lipinski definition) is 1. The lowest BCUT2D eigenvalue weighted by atomic mass is 10.1. The smallest absolute Gasteiger partial charge is 0.261 e. The van der Waals surface area contributed by atoms with Gasteiger partial charge in [-0.25, -0.2) is 8.78 Å². The number of benzene rings is 1. The van der Waals surface area contributed by atoms with Gasteiger partial charge in [0.05, 0.1) is 12.1 Å². The van der Waals surface area contributed by atoms with Gasteiger partial charge in [-0.05, 0) is 17.7 Å². The van der Waals surface area contributed by atoms with Crippen LogP contribution in [-0.4, -0.2) is 31.2 Å². The molecule has 1 heterocycles. The molecular formula is C14H15BrF2N2O. The van der Waals surface area contributed by atoms with E-state index in [-0.39, 0.29) is 6.61 Å². The van der Waals surface area contributed by atoms with E-state index in [4.69, 9.17) is 4.74 Å². The molecule has 108 valence electrons. The molecule has 3 nitrogen and oxygen atoms in total. The van der Waals surface area contributed by atoms with E-state index in [0.29, 0.717) is 13.1 Å². The zero-order valence-electron chi connectivity index (χ0n) is 10.8. The molecule has 0 aliphatic carbocycles. The molecule has 0 saturated heterocycles. The molecule has 0 amide bonds. The van der Waals surface area contributed by atoms with E-state index in [1.54, 1.807) is 6.20 Å². The maximum Gasteiger partial charge on any atom is 0.261 e. The minimum Gasteiger partial charge on any atom is -0.374 e. The van der Waals surface area contributed by atoms with E-state index < -0.39 is 13.0 Å². The fraction of sp³-hybridized carbons (Fsp3) is 0.357. The number of pyridine rings is 1. The van der Waals surface area contributed by atoms with Crippen LogP contribution in [0.1, 0.15) is 5.56 Å². The van der Waals surface area contributed by atoms with E-state index >= 15 is 0 Å². The van der Waals surface area contributed by atoms with Gasteiger partial charge in [-0.2, -0.15) is 0 Å². The van der Waals surface area contributed by atoms with Gasteiger partial charge in [0.25, 0.3) is 6.43 Å². The second-order valence-corrected chi connectivity index (χ2v) is 5.10. The number of nitrogens with zero attached hydrogens (tertiary/aromatic N) is 1. The van der Waals surface area contributed by atoms with Crippen molar-refractivity contribution < 1.29 is 13.5 Å². The third kappa shape index (κ3) is 4.19. The zero-order chi connectivity index (χ0) is 14.4. The molecule has 0 aliphatic rings. The fourth-order valence-corrected chi connectivity index (χ4v) is 2.33. The minimum atomic E-state index is -2.41. The number of ether oxygens (including phenoxy) is 1. The summed E-state index contributed by atoms with van der Waals surface area (Å²) >= 11 is 3.50. The summed E-state index contributed by atoms with van der Waals surface area (Å²) in [6.07, 6.45) is -0.654. The summed E-state index contributed by atoms with van der Waals surface area (Å²) in [6, 6.07) is 7.87. The Kier molecular flexibility index (Phi) is 5.82. The Morgan fingerprint density at radius 3 is 2.95 bits per heavy atom. The molecule has 0 aliphatic heterocycles. The molecule has 2 rings (SSSR count). The topological polar surface area (TPSA) is 34.1 Å². The molecule has 20 heavy (non-hydrogen) atoms. The van der Waals surface area contributed by atoms with Crippen molar-refractivity contribution in [2.75, 3.05) is 19.8 Å². The van der Waals surface area contributed by atoms with Crippen LogP contribution in [0.5, 0.6) is 0 Å². The average molecular weight is 345 g/mol. The van der Waals surface area contributed by atoms with Crippen LogP contribution < -0.4 is 5.32 Å². The predicted molar refractivity (Wildman–Crippen MR) is 78.0 cm³/mol. The molecule has 2 aromatic rings. The Hall–Kier alpha value is -1.11. The second-order valence-electron chi connectivity index (χ2n) is 4.25. The molecular weight excluding hydrogens is 330 g/mol. The molecule has 0 fully saturated rings. The lowest BCUT2D eigenvalue weighted by Crippen LogP contribution is -2.20. The summed E-state index contributed by atoms with van der Waals surface area (Å²) in [5, 5.41) is 4.22. The molecule has 0 unspecified atom stereocenters. The first-order valence-electron chi connectivity index (χ1n) is 6.27. The largest absolute Gasteiger partial charge is 0.374 e. The normalized spacial score (nSPS) is 11.4. The quantitative estimate of drug-likeness (QED) is 0.782. The maximum absolute atomic E-state index is 11.9. The van der Waals surface area contributed by atoms with Gasteiger partial charge in [0.15, 0.2) is 0 Å². The molecule has 0 saturated carbocycles. The van der Waals surface area contributed by atoms with Crippen LogP contribution in [0.2, 0.25) is 0 Å². The molecule has 0 radical (unpaired) electrons. The predicted octanol–water partition coefficient (Wildman–Crippen LogP) is 3.37. The second kappa shape index (κ2) is 7.61. The highest BCUT2D eigenvalue weighted by Crippen LogP contribution is 2.24. The van der Waals surface area contributed by atoms with Crippen LogP contribution in [-0.2, 0) is 11.3 Å². The summed E-state index contributed by atoms with van der Waals surface area (Å²) in [4.78, 5) is 4.38. The summed E-state index contributed by atoms with van der Waals surface area (Å²) in [7, 11) is 0. The van der Waals surface area contributed by atoms with Crippen molar-refractivity contribution >= 4 is 26.8 Å². The van der Waals surface area contributed by atoms with E-state index in [1.807, 2.05) is 24.3 Å². The van der Waals surface area contributed by atoms with Crippen LogP contribution in [0, 0.1) is 0 Å². The van der Waals surface area contributed by atoms with Crippen molar-refractivity contribution in [2.45, 2.75) is 13.0 Å². The highest BCUT2D eigenvalue weighted by Gasteiger charge is 2.05. The van der Waals surface area contributed by atoms with E-state index in [9.17, 15) is 8.78 Å². The Bertz CT molecular complexity index is 566. The van der Waals surface area contributed by atoms with Crippen molar-refractivity contribution in [1.82, 2.24) is 10.3 Å². The molecule has 0 bridgehead atoms. The Labute approximate surface area is 124 Å². The first kappa shape index (κ1) is 15.3. The zero-order valence-corrected chi connectivity index (χ0v) is 12.4. The number of halogens is 3. The van der Waals surface area contributed by atoms with Gasteiger partial charge in [-0.15, -0.1) is 0 Å². The van der Waals surface area contributed by atoms with Gasteiger partial charge in [-0.1, -0.05) is 28.1 Å². The van der Waals surface area contributed by atoms with Crippen LogP contribution in [0.15, 0.2) is 34.9 Å². The standard InChI is InChI=1S/C14H15BrF2N2O/c15-12-4-3-10(14-11(12)2-1-5-19-14)8-18-6-7-20-9-13(16)17/h1-5,13,18H,6-9H2. The summed E-state index contributed by atoms with van der Waals surface area (Å²) in [5.74, 6) is 0. The molecule has 0 spiro atoms. The lowest BCUT2D eigenvalue weighted by Gasteiger charge is -2.09. The van der Waals surface area contributed by atoms with Crippen LogP contribution in [0.3, 0.4) is 0 Å². The third-order valence-electron chi connectivity index (χ3n) is 2.78. The van der Waals surface area contributed by atoms with Crippen molar-refractivity contribution in [3.8, 4) is 0 Å². The number of rotatable bonds is 7. The maximum atomic E-state index is 11.9. The third-order valence-corrected chi connectivity index (χ3v) is 3.47. The lowest BCUT2D eigenvalue weighted by molar-refractivity contribution is 0.0187. The van der Waals surface area contributed by atoms with Crippen LogP contribution in [0.4, 0.5) is 8.78 Å². The van der Waals surface area contributed by atoms with Gasteiger partial charge < -0.3 is 10.1 Å². The Morgan fingerprint density at radius 1 is 1.30 bits per heavy atom. The van der Waals surface area contributed by atoms with Crippen LogP contribution >= 0.6 is 15.9 Å². The monoisotopic (exact) mass is 344 g/mol. The Balaban J connectivity index is 1.89. The van der Waals surface area contributed by atoms with Crippen molar-refractivity contribution in [3.05, 3.63) is 40.5 Å². The summed E-state index contributed by atoms with van der Waals surface area (Å²) in [6.45, 7) is 0.909. The van der Waals surface area contributed by atoms with Gasteiger partial charge in [0, 0.05) is 29.1 Å². The summed E-state index contributed by atoms with van der Waals surface area (Å²) in [5.41, 5.74) is 2.00. The molecule has 1 aromatic carbocycles. The Morgan fingerprint density at radius 2 is 2.15 bits per heavy atom. The first-order valence-corrected chi connectivity index (χ1v) is 7.06. The first-order chi connectivity index (χ1) is 9.68. The SMILES string of the molecule is FC(F)COCCNCc1ccc(Br)c2cccnc12. The highest BCUT2D eigenvalue weighted by atomic mass is 79.9. The fourth-order valence-electron chi connectivity index (χ4n) is 1.88. The van der Waals surface area contributed by atoms with Crippen molar-refractivity contribution in [2.24, 2.45) is 0 Å².